The second-order valence-corrected chi connectivity index (χ2v) is 13.4. The topological polar surface area (TPSA) is 116 Å². The van der Waals surface area contributed by atoms with Gasteiger partial charge in [0.05, 0.1) is 23.6 Å². The molecule has 1 aliphatic carbocycles. The first kappa shape index (κ1) is 28.2. The highest BCUT2D eigenvalue weighted by Crippen LogP contribution is 2.41. The van der Waals surface area contributed by atoms with Crippen molar-refractivity contribution in [3.05, 3.63) is 58.1 Å². The molecule has 0 spiro atoms. The molecule has 0 unspecified atom stereocenters. The first-order valence-corrected chi connectivity index (χ1v) is 15.9. The van der Waals surface area contributed by atoms with Crippen LogP contribution in [0, 0.1) is 11.8 Å². The number of nitrogens with one attached hydrogen (secondary N) is 1. The Balaban J connectivity index is 1.51. The molecule has 4 atom stereocenters. The highest BCUT2D eigenvalue weighted by Gasteiger charge is 2.38. The number of aliphatic hydroxyl groups is 2. The fraction of sp³-hybridized carbons (Fsp3) is 0.552. The second-order valence-electron chi connectivity index (χ2n) is 11.1. The first-order chi connectivity index (χ1) is 18.7. The highest BCUT2D eigenvalue weighted by atomic mass is 35.5. The number of hydrogen-bond donors (Lipinski definition) is 3. The number of rotatable bonds is 0. The molecule has 1 fully saturated rings. The molecule has 2 aliphatic heterocycles. The molecule has 2 aromatic rings. The number of amides is 1. The summed E-state index contributed by atoms with van der Waals surface area (Å²) < 4.78 is 33.7. The maximum absolute atomic E-state index is 13.0. The average molecular weight is 577 g/mol. The number of hydrogen-bond acceptors (Lipinski definition) is 7. The van der Waals surface area contributed by atoms with Gasteiger partial charge in [-0.3, -0.25) is 4.79 Å². The van der Waals surface area contributed by atoms with Gasteiger partial charge in [0.2, 0.25) is 10.0 Å². The lowest BCUT2D eigenvalue weighted by molar-refractivity contribution is -0.0172. The van der Waals surface area contributed by atoms with E-state index in [4.69, 9.17) is 16.3 Å². The van der Waals surface area contributed by atoms with Crippen molar-refractivity contribution in [1.82, 2.24) is 4.72 Å². The molecule has 3 aliphatic rings. The molecular weight excluding hydrogens is 540 g/mol. The van der Waals surface area contributed by atoms with Gasteiger partial charge < -0.3 is 19.8 Å². The van der Waals surface area contributed by atoms with E-state index in [1.807, 2.05) is 18.2 Å². The van der Waals surface area contributed by atoms with E-state index < -0.39 is 28.1 Å². The fourth-order valence-electron chi connectivity index (χ4n) is 6.02. The predicted molar refractivity (Wildman–Crippen MR) is 151 cm³/mol. The van der Waals surface area contributed by atoms with Crippen molar-refractivity contribution in [2.24, 2.45) is 11.8 Å². The summed E-state index contributed by atoms with van der Waals surface area (Å²) in [6.45, 7) is 1.74. The molecule has 2 heterocycles. The third kappa shape index (κ3) is 6.88. The van der Waals surface area contributed by atoms with Crippen LogP contribution in [0.2, 0.25) is 5.02 Å². The van der Waals surface area contributed by atoms with Crippen LogP contribution in [-0.4, -0.2) is 55.6 Å². The highest BCUT2D eigenvalue weighted by molar-refractivity contribution is 7.90. The van der Waals surface area contributed by atoms with Gasteiger partial charge in [-0.05, 0) is 105 Å². The smallest absolute Gasteiger partial charge is 0.264 e. The summed E-state index contributed by atoms with van der Waals surface area (Å²) in [7, 11) is -3.88. The van der Waals surface area contributed by atoms with Gasteiger partial charge in [-0.1, -0.05) is 17.7 Å². The van der Waals surface area contributed by atoms with E-state index in [2.05, 4.69) is 9.62 Å². The van der Waals surface area contributed by atoms with Crippen LogP contribution in [0.25, 0.3) is 0 Å². The quantitative estimate of drug-likeness (QED) is 0.433. The number of nitrogens with zero attached hydrogens (tertiary/aromatic N) is 1. The minimum Gasteiger partial charge on any atom is -0.487 e. The summed E-state index contributed by atoms with van der Waals surface area (Å²) in [4.78, 5) is 15.2. The van der Waals surface area contributed by atoms with E-state index in [0.717, 1.165) is 55.5 Å². The third-order valence-electron chi connectivity index (χ3n) is 8.38. The molecule has 39 heavy (non-hydrogen) atoms. The Bertz CT molecular complexity index is 1300. The molecule has 8 nitrogen and oxygen atoms in total. The lowest BCUT2D eigenvalue weighted by atomic mass is 9.69. The number of sulfonamides is 1. The molecule has 3 N–H and O–H groups in total. The maximum Gasteiger partial charge on any atom is 0.264 e. The Morgan fingerprint density at radius 3 is 2.64 bits per heavy atom. The zero-order valence-electron chi connectivity index (χ0n) is 22.0. The first-order valence-electron chi connectivity index (χ1n) is 13.9. The van der Waals surface area contributed by atoms with Gasteiger partial charge in [-0.15, -0.1) is 0 Å². The maximum atomic E-state index is 13.0. The van der Waals surface area contributed by atoms with Crippen molar-refractivity contribution in [2.75, 3.05) is 23.7 Å². The fourth-order valence-corrected chi connectivity index (χ4v) is 7.27. The number of aryl methyl sites for hydroxylation is 1. The molecule has 1 amide bonds. The number of aliphatic hydroxyl groups excluding tert-OH is 2. The Morgan fingerprint density at radius 1 is 1.00 bits per heavy atom. The van der Waals surface area contributed by atoms with Crippen LogP contribution >= 0.6 is 11.6 Å². The van der Waals surface area contributed by atoms with Gasteiger partial charge in [0.1, 0.15) is 12.4 Å². The van der Waals surface area contributed by atoms with Crippen molar-refractivity contribution in [3.8, 4) is 5.75 Å². The predicted octanol–water partition coefficient (Wildman–Crippen LogP) is 4.05. The van der Waals surface area contributed by atoms with Crippen LogP contribution < -0.4 is 14.4 Å². The van der Waals surface area contributed by atoms with Gasteiger partial charge in [0.25, 0.3) is 5.91 Å². The Hall–Kier alpha value is -2.33. The molecule has 2 bridgehead atoms. The van der Waals surface area contributed by atoms with Gasteiger partial charge >= 0.3 is 0 Å². The molecule has 10 heteroatoms. The Morgan fingerprint density at radius 2 is 1.85 bits per heavy atom. The van der Waals surface area contributed by atoms with Crippen molar-refractivity contribution >= 4 is 33.2 Å². The summed E-state index contributed by atoms with van der Waals surface area (Å²) in [5.74, 6) is -0.0351. The molecule has 0 radical (unpaired) electrons. The molecule has 2 aromatic carbocycles. The summed E-state index contributed by atoms with van der Waals surface area (Å²) in [6.07, 6.45) is 3.82. The number of carbonyl (C=O) groups is 1. The average Bonchev–Trinajstić information content (AvgIpc) is 2.88. The molecule has 0 saturated heterocycles. The van der Waals surface area contributed by atoms with Crippen molar-refractivity contribution in [3.63, 3.8) is 0 Å². The SMILES string of the molecule is O=C1NS(=O)(=O)CCC[C@@H](O)C[C@H](O)[C@@H]2CC[C@H]2CN2CCCCc3cc(Cl)ccc3COc3ccc1cc32. The van der Waals surface area contributed by atoms with Crippen molar-refractivity contribution < 1.29 is 28.2 Å². The van der Waals surface area contributed by atoms with Crippen molar-refractivity contribution in [1.29, 1.82) is 0 Å². The van der Waals surface area contributed by atoms with E-state index in [9.17, 15) is 23.4 Å². The van der Waals surface area contributed by atoms with Gasteiger partial charge in [0.15, 0.2) is 0 Å². The zero-order valence-corrected chi connectivity index (χ0v) is 23.6. The van der Waals surface area contributed by atoms with E-state index in [-0.39, 0.29) is 42.4 Å². The summed E-state index contributed by atoms with van der Waals surface area (Å²) in [5.41, 5.74) is 3.20. The number of fused-ring (bicyclic) bond motifs is 3. The van der Waals surface area contributed by atoms with Crippen LogP contribution in [0.3, 0.4) is 0 Å². The van der Waals surface area contributed by atoms with E-state index in [1.165, 1.54) is 0 Å². The number of carbonyl (C=O) groups excluding carboxylic acids is 1. The standard InChI is InChI=1S/C29H37ClN2O6S/c30-23-9-6-22-18-38-28-11-8-20-15-26(28)32(12-2-1-4-19(22)14-23)17-21-7-10-25(21)27(34)16-24(33)5-3-13-39(36,37)31-29(20)35/h6,8-9,11,14-15,21,24-25,27,33-34H,1-5,7,10,12-13,16-18H2,(H,31,35)/t21-,24+,25+,27-/m0/s1. The van der Waals surface area contributed by atoms with E-state index >= 15 is 0 Å². The van der Waals surface area contributed by atoms with Crippen LogP contribution in [0.5, 0.6) is 5.75 Å². The van der Waals surface area contributed by atoms with Gasteiger partial charge in [-0.25, -0.2) is 13.1 Å². The van der Waals surface area contributed by atoms with Crippen LogP contribution in [0.15, 0.2) is 36.4 Å². The lowest BCUT2D eigenvalue weighted by Gasteiger charge is -2.43. The molecule has 5 rings (SSSR count). The Labute approximate surface area is 235 Å². The second kappa shape index (κ2) is 12.0. The molecule has 0 aromatic heterocycles. The van der Waals surface area contributed by atoms with Gasteiger partial charge in [-0.2, -0.15) is 0 Å². The van der Waals surface area contributed by atoms with Gasteiger partial charge in [0, 0.05) is 23.7 Å². The van der Waals surface area contributed by atoms with Crippen LogP contribution in [0.4, 0.5) is 5.69 Å². The minimum absolute atomic E-state index is 0.0664. The molecular formula is C29H37ClN2O6S. The molecule has 1 saturated carbocycles. The van der Waals surface area contributed by atoms with Crippen molar-refractivity contribution in [2.45, 2.75) is 70.2 Å². The van der Waals surface area contributed by atoms with E-state index in [0.29, 0.717) is 23.9 Å². The third-order valence-corrected chi connectivity index (χ3v) is 9.93. The lowest BCUT2D eigenvalue weighted by Crippen LogP contribution is -2.44. The number of benzene rings is 2. The molecule has 212 valence electrons. The normalized spacial score (nSPS) is 28.0. The largest absolute Gasteiger partial charge is 0.487 e. The van der Waals surface area contributed by atoms with Crippen LogP contribution in [0.1, 0.15) is 66.4 Å². The Kier molecular flexibility index (Phi) is 8.71. The summed E-state index contributed by atoms with van der Waals surface area (Å²) >= 11 is 6.27. The zero-order chi connectivity index (χ0) is 27.6. The number of ether oxygens (including phenoxy) is 1. The minimum atomic E-state index is -3.88. The number of halogens is 1. The summed E-state index contributed by atoms with van der Waals surface area (Å²) in [5, 5.41) is 22.1. The number of anilines is 1. The summed E-state index contributed by atoms with van der Waals surface area (Å²) in [6, 6.07) is 10.9. The monoisotopic (exact) mass is 576 g/mol. The van der Waals surface area contributed by atoms with E-state index in [1.54, 1.807) is 18.2 Å². The van der Waals surface area contributed by atoms with Crippen LogP contribution in [-0.2, 0) is 23.1 Å².